The Balaban J connectivity index is 1.73. The molecule has 0 aliphatic carbocycles. The number of carbonyl (C=O) groups excluding carboxylic acids is 2. The Morgan fingerprint density at radius 2 is 1.62 bits per heavy atom. The topological polar surface area (TPSA) is 97.4 Å². The predicted molar refractivity (Wildman–Crippen MR) is 143 cm³/mol. The summed E-state index contributed by atoms with van der Waals surface area (Å²) in [5, 5.41) is 0. The summed E-state index contributed by atoms with van der Waals surface area (Å²) in [4.78, 5) is 39.6. The number of imide groups is 1. The Labute approximate surface area is 231 Å². The molecule has 2 saturated heterocycles. The highest BCUT2D eigenvalue weighted by atomic mass is 32.2. The van der Waals surface area contributed by atoms with Crippen molar-refractivity contribution in [2.45, 2.75) is 43.4 Å². The van der Waals surface area contributed by atoms with Crippen LogP contribution in [-0.2, 0) is 14.6 Å². The van der Waals surface area contributed by atoms with Crippen LogP contribution in [0.15, 0.2) is 47.6 Å². The zero-order valence-electron chi connectivity index (χ0n) is 22.8. The van der Waals surface area contributed by atoms with Crippen molar-refractivity contribution in [1.82, 2.24) is 19.7 Å². The van der Waals surface area contributed by atoms with Crippen molar-refractivity contribution in [3.8, 4) is 0 Å². The van der Waals surface area contributed by atoms with Crippen LogP contribution in [0.5, 0.6) is 0 Å². The summed E-state index contributed by atoms with van der Waals surface area (Å²) < 4.78 is 62.6. The lowest BCUT2D eigenvalue weighted by molar-refractivity contribution is -0.120. The van der Waals surface area contributed by atoms with Crippen LogP contribution in [0.3, 0.4) is 0 Å². The lowest BCUT2D eigenvalue weighted by Crippen LogP contribution is -2.48. The van der Waals surface area contributed by atoms with Gasteiger partial charge < -0.3 is 9.80 Å². The second kappa shape index (κ2) is 11.3. The Hall–Kier alpha value is -3.23. The fourth-order valence-corrected chi connectivity index (χ4v) is 5.92. The molecule has 0 spiro atoms. The first-order valence-corrected chi connectivity index (χ1v) is 14.5. The maximum absolute atomic E-state index is 13.9. The Morgan fingerprint density at radius 1 is 1.02 bits per heavy atom. The maximum atomic E-state index is 13.9. The third-order valence-electron chi connectivity index (χ3n) is 7.49. The number of amides is 3. The van der Waals surface area contributed by atoms with Gasteiger partial charge in [0.25, 0.3) is 15.7 Å². The minimum Gasteiger partial charge on any atom is -0.367 e. The molecule has 1 aromatic heterocycles. The van der Waals surface area contributed by atoms with Crippen LogP contribution < -0.4 is 9.80 Å². The summed E-state index contributed by atoms with van der Waals surface area (Å²) >= 11 is 0. The first-order valence-electron chi connectivity index (χ1n) is 13.0. The molecule has 2 aliphatic heterocycles. The highest BCUT2D eigenvalue weighted by Crippen LogP contribution is 2.39. The van der Waals surface area contributed by atoms with Crippen molar-refractivity contribution >= 4 is 33.2 Å². The standard InChI is InChI=1S/C26H33F3N6O4S/c1-5-32(6-2)23(21-11-12-30-17-22(21)33-15-13-31(4)14-16-33)34-18(3)24(36)35(25(34)37)19-7-9-20(10-8-19)40(38,39)26(27,28)29/h7-12,17-18,23H,5-6,13-16H2,1-4H3. The molecule has 0 radical (unpaired) electrons. The van der Waals surface area contributed by atoms with Gasteiger partial charge in [0.05, 0.1) is 22.5 Å². The molecule has 2 fully saturated rings. The number of rotatable bonds is 8. The van der Waals surface area contributed by atoms with Crippen LogP contribution in [0.2, 0.25) is 0 Å². The molecule has 14 heteroatoms. The molecule has 2 aliphatic rings. The number of alkyl halides is 3. The molecule has 10 nitrogen and oxygen atoms in total. The van der Waals surface area contributed by atoms with Crippen LogP contribution in [0.1, 0.15) is 32.5 Å². The highest BCUT2D eigenvalue weighted by molar-refractivity contribution is 7.92. The average molecular weight is 583 g/mol. The van der Waals surface area contributed by atoms with Gasteiger partial charge in [0.15, 0.2) is 0 Å². The molecule has 0 bridgehead atoms. The minimum atomic E-state index is -5.57. The van der Waals surface area contributed by atoms with E-state index in [2.05, 4.69) is 26.7 Å². The van der Waals surface area contributed by atoms with Gasteiger partial charge in [-0.05, 0) is 57.4 Å². The first kappa shape index (κ1) is 29.7. The van der Waals surface area contributed by atoms with Crippen molar-refractivity contribution in [3.05, 3.63) is 48.3 Å². The van der Waals surface area contributed by atoms with E-state index < -0.39 is 44.4 Å². The third-order valence-corrected chi connectivity index (χ3v) is 9.00. The van der Waals surface area contributed by atoms with E-state index in [-0.39, 0.29) is 5.69 Å². The van der Waals surface area contributed by atoms with Crippen molar-refractivity contribution in [3.63, 3.8) is 0 Å². The molecule has 1 aromatic carbocycles. The SMILES string of the molecule is CCN(CC)C(c1ccncc1N1CCN(C)CC1)N1C(=O)N(c2ccc(S(=O)(=O)C(F)(F)F)cc2)C(=O)C1C. The zero-order chi connectivity index (χ0) is 29.4. The summed E-state index contributed by atoms with van der Waals surface area (Å²) in [6.07, 6.45) is 2.78. The molecule has 3 amide bonds. The molecular formula is C26H33F3N6O4S. The number of nitrogens with zero attached hydrogens (tertiary/aromatic N) is 6. The molecular weight excluding hydrogens is 549 g/mol. The zero-order valence-corrected chi connectivity index (χ0v) is 23.6. The van der Waals surface area contributed by atoms with E-state index in [1.165, 1.54) is 4.90 Å². The van der Waals surface area contributed by atoms with Crippen LogP contribution in [-0.4, -0.2) is 97.9 Å². The second-order valence-electron chi connectivity index (χ2n) is 9.80. The summed E-state index contributed by atoms with van der Waals surface area (Å²) in [5.74, 6) is -0.566. The summed E-state index contributed by atoms with van der Waals surface area (Å²) in [6.45, 7) is 9.90. The average Bonchev–Trinajstić information content (AvgIpc) is 3.14. The van der Waals surface area contributed by atoms with E-state index in [4.69, 9.17) is 0 Å². The van der Waals surface area contributed by atoms with Crippen LogP contribution in [0.4, 0.5) is 29.3 Å². The Kier molecular flexibility index (Phi) is 8.43. The molecule has 4 rings (SSSR count). The number of urea groups is 1. The number of hydrogen-bond donors (Lipinski definition) is 0. The quantitative estimate of drug-likeness (QED) is 0.438. The number of sulfone groups is 1. The summed E-state index contributed by atoms with van der Waals surface area (Å²) in [6, 6.07) is 3.89. The van der Waals surface area contributed by atoms with Gasteiger partial charge in [-0.15, -0.1) is 0 Å². The number of likely N-dealkylation sites (N-methyl/N-ethyl adjacent to an activating group) is 1. The summed E-state index contributed by atoms with van der Waals surface area (Å²) in [5.41, 5.74) is -3.81. The molecule has 2 unspecified atom stereocenters. The Morgan fingerprint density at radius 3 is 2.17 bits per heavy atom. The van der Waals surface area contributed by atoms with Crippen molar-refractivity contribution in [1.29, 1.82) is 0 Å². The molecule has 3 heterocycles. The fraction of sp³-hybridized carbons (Fsp3) is 0.500. The van der Waals surface area contributed by atoms with E-state index in [9.17, 15) is 31.2 Å². The minimum absolute atomic E-state index is 0.0159. The van der Waals surface area contributed by atoms with Crippen LogP contribution in [0, 0.1) is 0 Å². The smallest absolute Gasteiger partial charge is 0.367 e. The molecule has 0 saturated carbocycles. The number of piperazine rings is 1. The second-order valence-corrected chi connectivity index (χ2v) is 11.7. The molecule has 40 heavy (non-hydrogen) atoms. The van der Waals surface area contributed by atoms with Gasteiger partial charge in [-0.25, -0.2) is 18.1 Å². The molecule has 0 N–H and O–H groups in total. The molecule has 218 valence electrons. The van der Waals surface area contributed by atoms with E-state index in [0.717, 1.165) is 66.6 Å². The van der Waals surface area contributed by atoms with E-state index >= 15 is 0 Å². The predicted octanol–water partition coefficient (Wildman–Crippen LogP) is 3.32. The lowest BCUT2D eigenvalue weighted by atomic mass is 10.1. The molecule has 2 aromatic rings. The molecule has 2 atom stereocenters. The van der Waals surface area contributed by atoms with Gasteiger partial charge in [-0.3, -0.25) is 19.6 Å². The normalized spacial score (nSPS) is 20.1. The number of anilines is 2. The summed E-state index contributed by atoms with van der Waals surface area (Å²) in [7, 11) is -3.52. The van der Waals surface area contributed by atoms with Gasteiger partial charge in [0.2, 0.25) is 0 Å². The van der Waals surface area contributed by atoms with Crippen molar-refractivity contribution in [2.24, 2.45) is 0 Å². The van der Waals surface area contributed by atoms with Crippen LogP contribution in [0.25, 0.3) is 0 Å². The third kappa shape index (κ3) is 5.27. The number of carbonyl (C=O) groups is 2. The first-order chi connectivity index (χ1) is 18.8. The lowest BCUT2D eigenvalue weighted by Gasteiger charge is -2.41. The number of halogens is 3. The number of pyridine rings is 1. The van der Waals surface area contributed by atoms with Crippen molar-refractivity contribution in [2.75, 3.05) is 56.1 Å². The number of hydrogen-bond acceptors (Lipinski definition) is 8. The Bertz CT molecular complexity index is 1340. The number of benzene rings is 1. The van der Waals surface area contributed by atoms with Crippen molar-refractivity contribution < 1.29 is 31.2 Å². The largest absolute Gasteiger partial charge is 0.501 e. The van der Waals surface area contributed by atoms with E-state index in [1.54, 1.807) is 19.3 Å². The van der Waals surface area contributed by atoms with E-state index in [0.29, 0.717) is 13.1 Å². The maximum Gasteiger partial charge on any atom is 0.501 e. The van der Waals surface area contributed by atoms with Crippen LogP contribution >= 0.6 is 0 Å². The fourth-order valence-electron chi connectivity index (χ4n) is 5.16. The number of aromatic nitrogens is 1. The van der Waals surface area contributed by atoms with Gasteiger partial charge >= 0.3 is 11.5 Å². The van der Waals surface area contributed by atoms with E-state index in [1.807, 2.05) is 19.9 Å². The van der Waals surface area contributed by atoms with Gasteiger partial charge in [-0.2, -0.15) is 13.2 Å². The monoisotopic (exact) mass is 582 g/mol. The van der Waals surface area contributed by atoms with Gasteiger partial charge in [0.1, 0.15) is 12.2 Å². The van der Waals surface area contributed by atoms with Gasteiger partial charge in [0, 0.05) is 37.9 Å². The van der Waals surface area contributed by atoms with Gasteiger partial charge in [-0.1, -0.05) is 13.8 Å². The highest BCUT2D eigenvalue weighted by Gasteiger charge is 2.50.